The summed E-state index contributed by atoms with van der Waals surface area (Å²) in [5.41, 5.74) is 2.80. The van der Waals surface area contributed by atoms with E-state index in [1.807, 2.05) is 0 Å². The van der Waals surface area contributed by atoms with Crippen molar-refractivity contribution in [1.82, 2.24) is 15.1 Å². The molecule has 1 heterocycles. The number of hydrogen-bond donors (Lipinski definition) is 1. The molecule has 19 heavy (non-hydrogen) atoms. The molecule has 106 valence electrons. The van der Waals surface area contributed by atoms with E-state index < -0.39 is 0 Å². The lowest BCUT2D eigenvalue weighted by molar-refractivity contribution is 0.153. The van der Waals surface area contributed by atoms with E-state index in [1.54, 1.807) is 0 Å². The number of likely N-dealkylation sites (N-methyl/N-ethyl adjacent to an activating group) is 2. The van der Waals surface area contributed by atoms with Crippen LogP contribution in [0.15, 0.2) is 24.3 Å². The smallest absolute Gasteiger partial charge is 0.0345 e. The molecule has 0 spiro atoms. The molecule has 1 unspecified atom stereocenters. The van der Waals surface area contributed by atoms with Gasteiger partial charge in [0.2, 0.25) is 0 Å². The molecule has 0 amide bonds. The summed E-state index contributed by atoms with van der Waals surface area (Å²) in [6.45, 7) is 7.85. The number of aryl methyl sites for hydroxylation is 1. The summed E-state index contributed by atoms with van der Waals surface area (Å²) in [6.07, 6.45) is 1.14. The number of nitrogens with one attached hydrogen (secondary N) is 1. The molecule has 0 saturated carbocycles. The Bertz CT molecular complexity index is 391. The van der Waals surface area contributed by atoms with Crippen molar-refractivity contribution in [3.8, 4) is 0 Å². The van der Waals surface area contributed by atoms with Crippen molar-refractivity contribution in [2.75, 3.05) is 46.8 Å². The summed E-state index contributed by atoms with van der Waals surface area (Å²) < 4.78 is 0. The van der Waals surface area contributed by atoms with Crippen molar-refractivity contribution in [1.29, 1.82) is 0 Å². The number of benzene rings is 1. The largest absolute Gasteiger partial charge is 0.314 e. The Morgan fingerprint density at radius 2 is 2.26 bits per heavy atom. The summed E-state index contributed by atoms with van der Waals surface area (Å²) >= 11 is 0. The molecule has 1 atom stereocenters. The third kappa shape index (κ3) is 4.60. The lowest BCUT2D eigenvalue weighted by atomic mass is 10.1. The van der Waals surface area contributed by atoms with Gasteiger partial charge in [-0.05, 0) is 33.0 Å². The summed E-state index contributed by atoms with van der Waals surface area (Å²) in [5.74, 6) is 0. The lowest BCUT2D eigenvalue weighted by Gasteiger charge is -2.35. The molecule has 3 nitrogen and oxygen atoms in total. The first-order valence-corrected chi connectivity index (χ1v) is 7.30. The maximum atomic E-state index is 3.48. The molecule has 1 fully saturated rings. The third-order valence-corrected chi connectivity index (χ3v) is 4.03. The first kappa shape index (κ1) is 14.5. The van der Waals surface area contributed by atoms with Crippen LogP contribution < -0.4 is 5.32 Å². The van der Waals surface area contributed by atoms with Gasteiger partial charge < -0.3 is 10.2 Å². The van der Waals surface area contributed by atoms with E-state index in [0.717, 1.165) is 39.1 Å². The Labute approximate surface area is 117 Å². The van der Waals surface area contributed by atoms with Crippen molar-refractivity contribution in [3.63, 3.8) is 0 Å². The fourth-order valence-electron chi connectivity index (χ4n) is 2.71. The molecule has 0 aromatic heterocycles. The van der Waals surface area contributed by atoms with Gasteiger partial charge in [0.25, 0.3) is 0 Å². The minimum Gasteiger partial charge on any atom is -0.314 e. The Kier molecular flexibility index (Phi) is 5.37. The van der Waals surface area contributed by atoms with Gasteiger partial charge >= 0.3 is 0 Å². The van der Waals surface area contributed by atoms with Crippen molar-refractivity contribution < 1.29 is 0 Å². The average Bonchev–Trinajstić information content (AvgIpc) is 2.39. The van der Waals surface area contributed by atoms with E-state index in [0.29, 0.717) is 6.04 Å². The zero-order valence-electron chi connectivity index (χ0n) is 12.5. The van der Waals surface area contributed by atoms with Gasteiger partial charge in [-0.3, -0.25) is 4.90 Å². The van der Waals surface area contributed by atoms with Crippen molar-refractivity contribution in [2.45, 2.75) is 19.4 Å². The van der Waals surface area contributed by atoms with Crippen LogP contribution in [-0.2, 0) is 6.42 Å². The van der Waals surface area contributed by atoms with Gasteiger partial charge in [-0.2, -0.15) is 0 Å². The zero-order valence-corrected chi connectivity index (χ0v) is 12.5. The van der Waals surface area contributed by atoms with E-state index in [9.17, 15) is 0 Å². The van der Waals surface area contributed by atoms with Crippen LogP contribution >= 0.6 is 0 Å². The fourth-order valence-corrected chi connectivity index (χ4v) is 2.71. The molecule has 3 heteroatoms. The Balaban J connectivity index is 1.76. The Hall–Kier alpha value is -0.900. The molecule has 0 radical (unpaired) electrons. The standard InChI is InChI=1S/C16H27N3/c1-14-5-4-6-15(11-14)7-9-18(2)13-16-12-17-8-10-19(16)3/h4-6,11,16-17H,7-10,12-13H2,1-3H3. The zero-order chi connectivity index (χ0) is 13.7. The second kappa shape index (κ2) is 7.04. The second-order valence-corrected chi connectivity index (χ2v) is 5.84. The molecular formula is C16H27N3. The predicted molar refractivity (Wildman–Crippen MR) is 81.7 cm³/mol. The average molecular weight is 261 g/mol. The monoisotopic (exact) mass is 261 g/mol. The highest BCUT2D eigenvalue weighted by atomic mass is 15.2. The molecule has 1 aromatic carbocycles. The van der Waals surface area contributed by atoms with Crippen LogP contribution in [0.5, 0.6) is 0 Å². The molecule has 1 saturated heterocycles. The summed E-state index contributed by atoms with van der Waals surface area (Å²) in [5, 5.41) is 3.48. The molecule has 1 aromatic rings. The summed E-state index contributed by atoms with van der Waals surface area (Å²) in [6, 6.07) is 9.49. The first-order valence-electron chi connectivity index (χ1n) is 7.30. The van der Waals surface area contributed by atoms with Crippen LogP contribution in [0.25, 0.3) is 0 Å². The van der Waals surface area contributed by atoms with Crippen LogP contribution in [-0.4, -0.2) is 62.7 Å². The quantitative estimate of drug-likeness (QED) is 0.864. The van der Waals surface area contributed by atoms with E-state index in [4.69, 9.17) is 0 Å². The third-order valence-electron chi connectivity index (χ3n) is 4.03. The normalized spacial score (nSPS) is 20.9. The van der Waals surface area contributed by atoms with Crippen LogP contribution in [0.4, 0.5) is 0 Å². The number of nitrogens with zero attached hydrogens (tertiary/aromatic N) is 2. The van der Waals surface area contributed by atoms with Gasteiger partial charge in [0.05, 0.1) is 0 Å². The van der Waals surface area contributed by atoms with Crippen LogP contribution in [0.3, 0.4) is 0 Å². The highest BCUT2D eigenvalue weighted by Crippen LogP contribution is 2.07. The van der Waals surface area contributed by atoms with Crippen molar-refractivity contribution in [3.05, 3.63) is 35.4 Å². The number of rotatable bonds is 5. The molecule has 2 rings (SSSR count). The Morgan fingerprint density at radius 3 is 3.00 bits per heavy atom. The van der Waals surface area contributed by atoms with E-state index in [-0.39, 0.29) is 0 Å². The van der Waals surface area contributed by atoms with Crippen molar-refractivity contribution in [2.24, 2.45) is 0 Å². The second-order valence-electron chi connectivity index (χ2n) is 5.84. The highest BCUT2D eigenvalue weighted by molar-refractivity contribution is 5.22. The van der Waals surface area contributed by atoms with Crippen LogP contribution in [0, 0.1) is 6.92 Å². The van der Waals surface area contributed by atoms with Gasteiger partial charge in [0.15, 0.2) is 0 Å². The minimum absolute atomic E-state index is 0.649. The minimum atomic E-state index is 0.649. The molecule has 0 bridgehead atoms. The SMILES string of the molecule is Cc1cccc(CCN(C)CC2CNCCN2C)c1. The molecule has 0 aliphatic carbocycles. The van der Waals surface area contributed by atoms with Gasteiger partial charge in [-0.1, -0.05) is 29.8 Å². The topological polar surface area (TPSA) is 18.5 Å². The van der Waals surface area contributed by atoms with E-state index in [1.165, 1.54) is 11.1 Å². The predicted octanol–water partition coefficient (Wildman–Crippen LogP) is 1.37. The van der Waals surface area contributed by atoms with Crippen LogP contribution in [0.2, 0.25) is 0 Å². The maximum absolute atomic E-state index is 3.48. The Morgan fingerprint density at radius 1 is 1.42 bits per heavy atom. The van der Waals surface area contributed by atoms with Gasteiger partial charge in [0, 0.05) is 38.8 Å². The molecule has 1 aliphatic heterocycles. The maximum Gasteiger partial charge on any atom is 0.0345 e. The van der Waals surface area contributed by atoms with E-state index >= 15 is 0 Å². The molecule has 1 aliphatic rings. The van der Waals surface area contributed by atoms with Gasteiger partial charge in [0.1, 0.15) is 0 Å². The number of piperazine rings is 1. The fraction of sp³-hybridized carbons (Fsp3) is 0.625. The van der Waals surface area contributed by atoms with Gasteiger partial charge in [-0.15, -0.1) is 0 Å². The summed E-state index contributed by atoms with van der Waals surface area (Å²) in [7, 11) is 4.47. The first-order chi connectivity index (χ1) is 9.15. The van der Waals surface area contributed by atoms with Crippen LogP contribution in [0.1, 0.15) is 11.1 Å². The van der Waals surface area contributed by atoms with Gasteiger partial charge in [-0.25, -0.2) is 0 Å². The highest BCUT2D eigenvalue weighted by Gasteiger charge is 2.19. The van der Waals surface area contributed by atoms with E-state index in [2.05, 4.69) is 60.4 Å². The molecule has 1 N–H and O–H groups in total. The summed E-state index contributed by atoms with van der Waals surface area (Å²) in [4.78, 5) is 4.93. The lowest BCUT2D eigenvalue weighted by Crippen LogP contribution is -2.53. The molecular weight excluding hydrogens is 234 g/mol. The number of hydrogen-bond acceptors (Lipinski definition) is 3. The van der Waals surface area contributed by atoms with Crippen molar-refractivity contribution >= 4 is 0 Å².